The quantitative estimate of drug-likeness (QED) is 0.182. The summed E-state index contributed by atoms with van der Waals surface area (Å²) in [4.78, 5) is 15.3. The van der Waals surface area contributed by atoms with Gasteiger partial charge in [0.2, 0.25) is 0 Å². The first kappa shape index (κ1) is 29.0. The van der Waals surface area contributed by atoms with E-state index in [0.29, 0.717) is 17.5 Å². The Morgan fingerprint density at radius 2 is 0.880 bits per heavy atom. The summed E-state index contributed by atoms with van der Waals surface area (Å²) in [5.74, 6) is 1.95. The second-order valence-electron chi connectivity index (χ2n) is 12.4. The predicted molar refractivity (Wildman–Crippen MR) is 213 cm³/mol. The molecule has 5 heteroatoms. The lowest BCUT2D eigenvalue weighted by molar-refractivity contribution is 1.07. The molecule has 0 saturated carbocycles. The molecule has 234 valence electrons. The summed E-state index contributed by atoms with van der Waals surface area (Å²) in [5.41, 5.74) is 7.53. The molecule has 7 aromatic carbocycles. The van der Waals surface area contributed by atoms with Crippen molar-refractivity contribution < 1.29 is 0 Å². The summed E-state index contributed by atoms with van der Waals surface area (Å²) in [5, 5.41) is 5.12. The SMILES string of the molecule is c1ccc(-c2nc(-c3ccccc3)nc(-c3ccc(-c4cccc5sc6ccccc6c45)cc3-c3cccc4c3sc3ccccc34)n2)cc1. The van der Waals surface area contributed by atoms with E-state index in [-0.39, 0.29) is 0 Å². The van der Waals surface area contributed by atoms with Crippen molar-refractivity contribution in [3.63, 3.8) is 0 Å². The van der Waals surface area contributed by atoms with Crippen LogP contribution >= 0.6 is 22.7 Å². The maximum Gasteiger partial charge on any atom is 0.164 e. The highest BCUT2D eigenvalue weighted by molar-refractivity contribution is 7.26. The summed E-state index contributed by atoms with van der Waals surface area (Å²) in [6.07, 6.45) is 0. The van der Waals surface area contributed by atoms with Gasteiger partial charge in [0.1, 0.15) is 0 Å². The van der Waals surface area contributed by atoms with Crippen molar-refractivity contribution in [1.29, 1.82) is 0 Å². The number of thiophene rings is 2. The van der Waals surface area contributed by atoms with Crippen LogP contribution < -0.4 is 0 Å². The summed E-state index contributed by atoms with van der Waals surface area (Å²) < 4.78 is 5.12. The molecular formula is C45H27N3S2. The van der Waals surface area contributed by atoms with E-state index in [2.05, 4.69) is 127 Å². The zero-order valence-corrected chi connectivity index (χ0v) is 28.4. The van der Waals surface area contributed by atoms with Gasteiger partial charge in [-0.05, 0) is 47.0 Å². The molecule has 0 bridgehead atoms. The Morgan fingerprint density at radius 1 is 0.320 bits per heavy atom. The average molecular weight is 674 g/mol. The van der Waals surface area contributed by atoms with Crippen molar-refractivity contribution in [2.24, 2.45) is 0 Å². The zero-order valence-electron chi connectivity index (χ0n) is 26.7. The van der Waals surface area contributed by atoms with Gasteiger partial charge in [0.15, 0.2) is 17.5 Å². The number of hydrogen-bond donors (Lipinski definition) is 0. The molecule has 50 heavy (non-hydrogen) atoms. The molecule has 0 aliphatic rings. The van der Waals surface area contributed by atoms with E-state index in [9.17, 15) is 0 Å². The van der Waals surface area contributed by atoms with Crippen molar-refractivity contribution in [3.05, 3.63) is 164 Å². The van der Waals surface area contributed by atoms with E-state index in [1.807, 2.05) is 59.1 Å². The minimum Gasteiger partial charge on any atom is -0.208 e. The molecular weight excluding hydrogens is 647 g/mol. The van der Waals surface area contributed by atoms with Gasteiger partial charge >= 0.3 is 0 Å². The van der Waals surface area contributed by atoms with Crippen LogP contribution in [-0.4, -0.2) is 15.0 Å². The highest BCUT2D eigenvalue weighted by Gasteiger charge is 2.20. The molecule has 0 unspecified atom stereocenters. The van der Waals surface area contributed by atoms with Crippen molar-refractivity contribution in [2.45, 2.75) is 0 Å². The van der Waals surface area contributed by atoms with Gasteiger partial charge in [-0.15, -0.1) is 22.7 Å². The van der Waals surface area contributed by atoms with Crippen molar-refractivity contribution >= 4 is 63.0 Å². The van der Waals surface area contributed by atoms with E-state index < -0.39 is 0 Å². The normalized spacial score (nSPS) is 11.6. The summed E-state index contributed by atoms with van der Waals surface area (Å²) in [6, 6.07) is 57.9. The maximum atomic E-state index is 5.18. The fraction of sp³-hybridized carbons (Fsp3) is 0. The number of nitrogens with zero attached hydrogens (tertiary/aromatic N) is 3. The first-order chi connectivity index (χ1) is 24.8. The molecule has 10 rings (SSSR count). The van der Waals surface area contributed by atoms with Crippen LogP contribution in [0, 0.1) is 0 Å². The van der Waals surface area contributed by atoms with Crippen LogP contribution in [0.3, 0.4) is 0 Å². The summed E-state index contributed by atoms with van der Waals surface area (Å²) >= 11 is 3.69. The Balaban J connectivity index is 1.27. The molecule has 0 saturated heterocycles. The molecule has 0 N–H and O–H groups in total. The molecule has 0 fully saturated rings. The number of aromatic nitrogens is 3. The minimum absolute atomic E-state index is 0.650. The topological polar surface area (TPSA) is 38.7 Å². The van der Waals surface area contributed by atoms with Gasteiger partial charge in [0.05, 0.1) is 0 Å². The Kier molecular flexibility index (Phi) is 6.86. The van der Waals surface area contributed by atoms with E-state index in [4.69, 9.17) is 15.0 Å². The molecule has 0 radical (unpaired) electrons. The Labute approximate surface area is 296 Å². The second-order valence-corrected chi connectivity index (χ2v) is 14.5. The second kappa shape index (κ2) is 11.8. The standard InChI is InChI=1S/C45H27N3S2/c1-3-13-28(14-4-1)43-46-44(29-15-5-2-6-16-29)48-45(47-43)35-26-25-30(31-19-12-24-40-41(31)36-18-8-10-23-39(36)49-40)27-37(35)34-21-11-20-33-32-17-7-9-22-38(32)50-42(33)34/h1-27H. The van der Waals surface area contributed by atoms with Gasteiger partial charge < -0.3 is 0 Å². The highest BCUT2D eigenvalue weighted by Crippen LogP contribution is 2.45. The van der Waals surface area contributed by atoms with E-state index in [1.165, 1.54) is 51.5 Å². The number of hydrogen-bond acceptors (Lipinski definition) is 5. The first-order valence-electron chi connectivity index (χ1n) is 16.6. The lowest BCUT2D eigenvalue weighted by atomic mass is 9.91. The molecule has 3 nitrogen and oxygen atoms in total. The first-order valence-corrected chi connectivity index (χ1v) is 18.2. The minimum atomic E-state index is 0.650. The molecule has 0 aliphatic heterocycles. The fourth-order valence-electron chi connectivity index (χ4n) is 7.03. The van der Waals surface area contributed by atoms with Crippen molar-refractivity contribution in [3.8, 4) is 56.4 Å². The molecule has 3 aromatic heterocycles. The van der Waals surface area contributed by atoms with Crippen molar-refractivity contribution in [1.82, 2.24) is 15.0 Å². The molecule has 0 spiro atoms. The average Bonchev–Trinajstić information content (AvgIpc) is 3.77. The van der Waals surface area contributed by atoms with Gasteiger partial charge in [-0.25, -0.2) is 15.0 Å². The van der Waals surface area contributed by atoms with Crippen LogP contribution in [0.4, 0.5) is 0 Å². The van der Waals surface area contributed by atoms with E-state index in [1.54, 1.807) is 0 Å². The number of rotatable bonds is 5. The van der Waals surface area contributed by atoms with Gasteiger partial charge in [0, 0.05) is 62.6 Å². The zero-order chi connectivity index (χ0) is 33.0. The third-order valence-corrected chi connectivity index (χ3v) is 11.7. The smallest absolute Gasteiger partial charge is 0.164 e. The monoisotopic (exact) mass is 673 g/mol. The van der Waals surface area contributed by atoms with E-state index >= 15 is 0 Å². The van der Waals surface area contributed by atoms with Crippen molar-refractivity contribution in [2.75, 3.05) is 0 Å². The predicted octanol–water partition coefficient (Wildman–Crippen LogP) is 12.9. The van der Waals surface area contributed by atoms with E-state index in [0.717, 1.165) is 27.8 Å². The van der Waals surface area contributed by atoms with Crippen LogP contribution in [0.25, 0.3) is 96.8 Å². The molecule has 0 amide bonds. The largest absolute Gasteiger partial charge is 0.208 e. The van der Waals surface area contributed by atoms with Crippen LogP contribution in [0.2, 0.25) is 0 Å². The number of fused-ring (bicyclic) bond motifs is 6. The van der Waals surface area contributed by atoms with Gasteiger partial charge in [-0.2, -0.15) is 0 Å². The van der Waals surface area contributed by atoms with Crippen LogP contribution in [0.1, 0.15) is 0 Å². The molecule has 10 aromatic rings. The number of benzene rings is 7. The maximum absolute atomic E-state index is 5.18. The fourth-order valence-corrected chi connectivity index (χ4v) is 9.40. The molecule has 0 atom stereocenters. The van der Waals surface area contributed by atoms with Gasteiger partial charge in [-0.1, -0.05) is 133 Å². The van der Waals surface area contributed by atoms with Gasteiger partial charge in [-0.3, -0.25) is 0 Å². The Bertz CT molecular complexity index is 2810. The van der Waals surface area contributed by atoms with Crippen LogP contribution in [0.5, 0.6) is 0 Å². The lowest BCUT2D eigenvalue weighted by Crippen LogP contribution is -2.01. The third-order valence-electron chi connectivity index (χ3n) is 9.37. The molecule has 3 heterocycles. The highest BCUT2D eigenvalue weighted by atomic mass is 32.1. The third kappa shape index (κ3) is 4.82. The summed E-state index contributed by atoms with van der Waals surface area (Å²) in [6.45, 7) is 0. The Morgan fingerprint density at radius 3 is 1.62 bits per heavy atom. The summed E-state index contributed by atoms with van der Waals surface area (Å²) in [7, 11) is 0. The lowest BCUT2D eigenvalue weighted by Gasteiger charge is -2.15. The van der Waals surface area contributed by atoms with Crippen LogP contribution in [-0.2, 0) is 0 Å². The van der Waals surface area contributed by atoms with Gasteiger partial charge in [0.25, 0.3) is 0 Å². The molecule has 0 aliphatic carbocycles. The Hall–Kier alpha value is -6.01. The van der Waals surface area contributed by atoms with Crippen LogP contribution in [0.15, 0.2) is 164 Å².